The lowest BCUT2D eigenvalue weighted by atomic mass is 10.1. The molecule has 0 aliphatic carbocycles. The second-order valence-electron chi connectivity index (χ2n) is 4.76. The number of hydrogen-bond donors (Lipinski definition) is 1. The van der Waals surface area contributed by atoms with Gasteiger partial charge in [-0.1, -0.05) is 35.9 Å². The number of carbonyl (C=O) groups is 2. The molecule has 0 saturated carbocycles. The van der Waals surface area contributed by atoms with Crippen molar-refractivity contribution in [3.63, 3.8) is 0 Å². The van der Waals surface area contributed by atoms with Gasteiger partial charge in [0.15, 0.2) is 0 Å². The summed E-state index contributed by atoms with van der Waals surface area (Å²) in [6.45, 7) is 0.438. The van der Waals surface area contributed by atoms with Gasteiger partial charge in [0, 0.05) is 5.02 Å². The average molecular weight is 334 g/mol. The van der Waals surface area contributed by atoms with E-state index in [1.54, 1.807) is 24.3 Å². The number of amides is 2. The highest BCUT2D eigenvalue weighted by Gasteiger charge is 2.32. The third-order valence-corrected chi connectivity index (χ3v) is 4.48. The summed E-state index contributed by atoms with van der Waals surface area (Å²) >= 11 is 6.82. The molecule has 1 N–H and O–H groups in total. The minimum absolute atomic E-state index is 0.273. The quantitative estimate of drug-likeness (QED) is 0.920. The number of nitrogens with one attached hydrogen (secondary N) is 1. The Labute approximate surface area is 136 Å². The Balaban J connectivity index is 1.63. The molecule has 2 aromatic carbocycles. The highest BCUT2D eigenvalue weighted by atomic mass is 35.5. The molecular formula is C16H12ClNO3S. The molecule has 3 rings (SSSR count). The lowest BCUT2D eigenvalue weighted by Crippen LogP contribution is -2.20. The molecule has 0 bridgehead atoms. The predicted octanol–water partition coefficient (Wildman–Crippen LogP) is 3.94. The van der Waals surface area contributed by atoms with Crippen molar-refractivity contribution < 1.29 is 14.3 Å². The Kier molecular flexibility index (Phi) is 4.36. The summed E-state index contributed by atoms with van der Waals surface area (Å²) in [5.41, 5.74) is 1.80. The number of benzene rings is 2. The maximum absolute atomic E-state index is 11.6. The van der Waals surface area contributed by atoms with Gasteiger partial charge in [0.25, 0.3) is 5.24 Å². The first-order chi connectivity index (χ1) is 10.6. The third-order valence-electron chi connectivity index (χ3n) is 3.19. The van der Waals surface area contributed by atoms with Gasteiger partial charge in [-0.2, -0.15) is 0 Å². The van der Waals surface area contributed by atoms with Gasteiger partial charge in [0.05, 0.1) is 0 Å². The van der Waals surface area contributed by atoms with Crippen LogP contribution in [-0.2, 0) is 11.4 Å². The Morgan fingerprint density at radius 2 is 1.73 bits per heavy atom. The largest absolute Gasteiger partial charge is 0.489 e. The molecule has 2 amide bonds. The lowest BCUT2D eigenvalue weighted by molar-refractivity contribution is -0.119. The Hall–Kier alpha value is -1.98. The van der Waals surface area contributed by atoms with Gasteiger partial charge in [0.2, 0.25) is 5.91 Å². The molecule has 4 nitrogen and oxygen atoms in total. The highest BCUT2D eigenvalue weighted by molar-refractivity contribution is 8.15. The molecule has 22 heavy (non-hydrogen) atoms. The summed E-state index contributed by atoms with van der Waals surface area (Å²) in [7, 11) is 0. The molecule has 112 valence electrons. The fraction of sp³-hybridized carbons (Fsp3) is 0.125. The molecule has 2 aromatic rings. The van der Waals surface area contributed by atoms with Gasteiger partial charge in [-0.25, -0.2) is 0 Å². The zero-order chi connectivity index (χ0) is 15.5. The molecule has 0 aromatic heterocycles. The van der Waals surface area contributed by atoms with E-state index >= 15 is 0 Å². The maximum Gasteiger partial charge on any atom is 0.286 e. The fourth-order valence-electron chi connectivity index (χ4n) is 2.06. The van der Waals surface area contributed by atoms with E-state index in [2.05, 4.69) is 5.32 Å². The van der Waals surface area contributed by atoms with Gasteiger partial charge in [-0.05, 0) is 47.2 Å². The first-order valence-corrected chi connectivity index (χ1v) is 7.86. The van der Waals surface area contributed by atoms with E-state index in [0.717, 1.165) is 22.9 Å². The zero-order valence-corrected chi connectivity index (χ0v) is 13.0. The first kappa shape index (κ1) is 14.9. The van der Waals surface area contributed by atoms with Crippen molar-refractivity contribution >= 4 is 34.5 Å². The van der Waals surface area contributed by atoms with Gasteiger partial charge in [-0.15, -0.1) is 0 Å². The van der Waals surface area contributed by atoms with E-state index in [1.165, 1.54) is 0 Å². The van der Waals surface area contributed by atoms with Crippen LogP contribution in [-0.4, -0.2) is 11.1 Å². The summed E-state index contributed by atoms with van der Waals surface area (Å²) in [5, 5.41) is 2.18. The van der Waals surface area contributed by atoms with Crippen LogP contribution in [0.2, 0.25) is 5.02 Å². The van der Waals surface area contributed by atoms with Gasteiger partial charge in [-0.3, -0.25) is 14.9 Å². The number of rotatable bonds is 4. The van der Waals surface area contributed by atoms with E-state index in [4.69, 9.17) is 16.3 Å². The van der Waals surface area contributed by atoms with Gasteiger partial charge >= 0.3 is 0 Å². The first-order valence-electron chi connectivity index (χ1n) is 6.60. The molecule has 1 saturated heterocycles. The van der Waals surface area contributed by atoms with Crippen LogP contribution in [0.4, 0.5) is 4.79 Å². The molecule has 0 spiro atoms. The van der Waals surface area contributed by atoms with Crippen LogP contribution in [0.15, 0.2) is 48.5 Å². The Morgan fingerprint density at radius 3 is 2.32 bits per heavy atom. The smallest absolute Gasteiger partial charge is 0.286 e. The molecule has 1 aliphatic heterocycles. The van der Waals surface area contributed by atoms with E-state index in [-0.39, 0.29) is 11.1 Å². The van der Waals surface area contributed by atoms with Crippen molar-refractivity contribution in [3.05, 3.63) is 64.7 Å². The number of halogens is 1. The molecule has 0 radical (unpaired) electrons. The van der Waals surface area contributed by atoms with Crippen molar-refractivity contribution in [2.45, 2.75) is 11.9 Å². The van der Waals surface area contributed by atoms with Crippen molar-refractivity contribution in [2.24, 2.45) is 0 Å². The van der Waals surface area contributed by atoms with E-state index in [1.807, 2.05) is 24.3 Å². The average Bonchev–Trinajstić information content (AvgIpc) is 2.86. The van der Waals surface area contributed by atoms with E-state index < -0.39 is 5.25 Å². The molecule has 6 heteroatoms. The van der Waals surface area contributed by atoms with Crippen molar-refractivity contribution in [1.82, 2.24) is 5.32 Å². The SMILES string of the molecule is O=C1NC(=O)C(c2ccc(OCc3ccc(Cl)cc3)cc2)S1. The normalized spacial score (nSPS) is 17.4. The van der Waals surface area contributed by atoms with Crippen LogP contribution < -0.4 is 10.1 Å². The number of thioether (sulfide) groups is 1. The van der Waals surface area contributed by atoms with E-state index in [9.17, 15) is 9.59 Å². The zero-order valence-electron chi connectivity index (χ0n) is 11.4. The lowest BCUT2D eigenvalue weighted by Gasteiger charge is -2.09. The molecule has 1 atom stereocenters. The second kappa shape index (κ2) is 6.42. The van der Waals surface area contributed by atoms with E-state index in [0.29, 0.717) is 17.4 Å². The molecule has 1 unspecified atom stereocenters. The van der Waals surface area contributed by atoms with Gasteiger partial charge in [0.1, 0.15) is 17.6 Å². The van der Waals surface area contributed by atoms with Crippen LogP contribution in [0, 0.1) is 0 Å². The summed E-state index contributed by atoms with van der Waals surface area (Å²) < 4.78 is 5.68. The topological polar surface area (TPSA) is 55.4 Å². The Bertz CT molecular complexity index is 700. The minimum Gasteiger partial charge on any atom is -0.489 e. The second-order valence-corrected chi connectivity index (χ2v) is 6.27. The third kappa shape index (κ3) is 3.43. The van der Waals surface area contributed by atoms with Crippen LogP contribution in [0.25, 0.3) is 0 Å². The molecule has 1 heterocycles. The number of ether oxygens (including phenoxy) is 1. The predicted molar refractivity (Wildman–Crippen MR) is 86.1 cm³/mol. The molecular weight excluding hydrogens is 322 g/mol. The van der Waals surface area contributed by atoms with Crippen molar-refractivity contribution in [1.29, 1.82) is 0 Å². The highest BCUT2D eigenvalue weighted by Crippen LogP contribution is 2.34. The van der Waals surface area contributed by atoms with Crippen LogP contribution in [0.5, 0.6) is 5.75 Å². The van der Waals surface area contributed by atoms with Crippen molar-refractivity contribution in [2.75, 3.05) is 0 Å². The monoisotopic (exact) mass is 333 g/mol. The molecule has 1 fully saturated rings. The van der Waals surface area contributed by atoms with Crippen LogP contribution >= 0.6 is 23.4 Å². The number of carbonyl (C=O) groups excluding carboxylic acids is 2. The maximum atomic E-state index is 11.6. The van der Waals surface area contributed by atoms with Gasteiger partial charge < -0.3 is 4.74 Å². The van der Waals surface area contributed by atoms with Crippen molar-refractivity contribution in [3.8, 4) is 5.75 Å². The van der Waals surface area contributed by atoms with Crippen LogP contribution in [0.3, 0.4) is 0 Å². The summed E-state index contributed by atoms with van der Waals surface area (Å²) in [6, 6.07) is 14.6. The summed E-state index contributed by atoms with van der Waals surface area (Å²) in [6.07, 6.45) is 0. The summed E-state index contributed by atoms with van der Waals surface area (Å²) in [5.74, 6) is 0.429. The number of hydrogen-bond acceptors (Lipinski definition) is 4. The number of imide groups is 1. The minimum atomic E-state index is -0.474. The fourth-order valence-corrected chi connectivity index (χ4v) is 3.02. The standard InChI is InChI=1S/C16H12ClNO3S/c17-12-5-1-10(2-6-12)9-21-13-7-3-11(4-8-13)14-15(19)18-16(20)22-14/h1-8,14H,9H2,(H,18,19,20). The Morgan fingerprint density at radius 1 is 1.05 bits per heavy atom. The summed E-state index contributed by atoms with van der Waals surface area (Å²) in [4.78, 5) is 22.8. The van der Waals surface area contributed by atoms with Crippen LogP contribution in [0.1, 0.15) is 16.4 Å². The molecule has 1 aliphatic rings.